The zero-order valence-corrected chi connectivity index (χ0v) is 18.3. The Kier molecular flexibility index (Phi) is 24.8. The zero-order valence-electron chi connectivity index (χ0n) is 18.3. The maximum atomic E-state index is 3.57. The van der Waals surface area contributed by atoms with Crippen molar-refractivity contribution >= 4 is 0 Å². The van der Waals surface area contributed by atoms with Gasteiger partial charge in [0.1, 0.15) is 0 Å². The Morgan fingerprint density at radius 1 is 0.840 bits per heavy atom. The van der Waals surface area contributed by atoms with Crippen molar-refractivity contribution < 1.29 is 0 Å². The van der Waals surface area contributed by atoms with Crippen LogP contribution >= 0.6 is 0 Å². The molecule has 0 atom stereocenters. The SMILES string of the molecule is C/C=C\C=C(/C)CC.C=C/C=C(\C)CC.CC.Cc1ccc(C)cc1. The molecule has 0 unspecified atom stereocenters. The molecule has 0 saturated heterocycles. The van der Waals surface area contributed by atoms with Crippen molar-refractivity contribution in [2.45, 2.75) is 75.2 Å². The van der Waals surface area contributed by atoms with Gasteiger partial charge in [0.15, 0.2) is 0 Å². The molecule has 0 radical (unpaired) electrons. The largest absolute Gasteiger partial charge is 0.0991 e. The van der Waals surface area contributed by atoms with Gasteiger partial charge in [0.25, 0.3) is 0 Å². The molecule has 0 spiro atoms. The highest BCUT2D eigenvalue weighted by Crippen LogP contribution is 1.99. The molecule has 0 amide bonds. The molecule has 1 aromatic rings. The summed E-state index contributed by atoms with van der Waals surface area (Å²) in [5.41, 5.74) is 5.48. The fraction of sp³-hybridized carbons (Fsp3) is 0.440. The molecule has 0 aromatic heterocycles. The summed E-state index contributed by atoms with van der Waals surface area (Å²) in [4.78, 5) is 0. The zero-order chi connectivity index (χ0) is 20.1. The molecule has 0 aliphatic carbocycles. The van der Waals surface area contributed by atoms with Gasteiger partial charge in [0.05, 0.1) is 0 Å². The standard InChI is InChI=1S/C8H10.C8H14.C7H12.C2H6/c1-7-3-5-8(2)6-4-7;1-4-6-7-8(3)5-2;1-4-6-7(3)5-2;1-2/h3-6H,1-2H3;4,6-7H,5H2,1-3H3;4,6H,1,5H2,2-3H3;1-2H3/b;6-4-,8-7+;7-6+;. The van der Waals surface area contributed by atoms with E-state index in [1.807, 2.05) is 39.0 Å². The lowest BCUT2D eigenvalue weighted by molar-refractivity contribution is 1.10. The van der Waals surface area contributed by atoms with Crippen molar-refractivity contribution in [3.63, 3.8) is 0 Å². The van der Waals surface area contributed by atoms with Crippen LogP contribution in [0.5, 0.6) is 0 Å². The quantitative estimate of drug-likeness (QED) is 0.479. The molecule has 0 heteroatoms. The van der Waals surface area contributed by atoms with Crippen LogP contribution in [0.3, 0.4) is 0 Å². The Labute approximate surface area is 159 Å². The van der Waals surface area contributed by atoms with Crippen LogP contribution in [0.15, 0.2) is 72.4 Å². The van der Waals surface area contributed by atoms with Gasteiger partial charge in [-0.05, 0) is 47.5 Å². The van der Waals surface area contributed by atoms with Crippen LogP contribution in [0.2, 0.25) is 0 Å². The van der Waals surface area contributed by atoms with E-state index in [0.717, 1.165) is 12.8 Å². The number of rotatable bonds is 4. The first-order chi connectivity index (χ1) is 11.9. The van der Waals surface area contributed by atoms with Gasteiger partial charge in [-0.2, -0.15) is 0 Å². The van der Waals surface area contributed by atoms with Crippen molar-refractivity contribution in [1.82, 2.24) is 0 Å². The summed E-state index contributed by atoms with van der Waals surface area (Å²) in [6, 6.07) is 8.48. The van der Waals surface area contributed by atoms with E-state index in [4.69, 9.17) is 0 Å². The molecule has 0 heterocycles. The predicted octanol–water partition coefficient (Wildman–Crippen LogP) is 8.78. The Morgan fingerprint density at radius 3 is 1.44 bits per heavy atom. The third kappa shape index (κ3) is 24.6. The van der Waals surface area contributed by atoms with E-state index < -0.39 is 0 Å². The first-order valence-corrected chi connectivity index (χ1v) is 9.51. The third-order valence-electron chi connectivity index (χ3n) is 3.31. The van der Waals surface area contributed by atoms with Gasteiger partial charge in [-0.25, -0.2) is 0 Å². The molecule has 1 aromatic carbocycles. The Hall–Kier alpha value is -1.82. The fourth-order valence-corrected chi connectivity index (χ4v) is 1.33. The minimum Gasteiger partial charge on any atom is -0.0991 e. The van der Waals surface area contributed by atoms with Gasteiger partial charge in [-0.15, -0.1) is 0 Å². The van der Waals surface area contributed by atoms with E-state index in [9.17, 15) is 0 Å². The average molecular weight is 343 g/mol. The van der Waals surface area contributed by atoms with Crippen LogP contribution < -0.4 is 0 Å². The molecule has 0 N–H and O–H groups in total. The average Bonchev–Trinajstić information content (AvgIpc) is 2.65. The van der Waals surface area contributed by atoms with Crippen LogP contribution in [0, 0.1) is 13.8 Å². The summed E-state index contributed by atoms with van der Waals surface area (Å²) in [5.74, 6) is 0. The van der Waals surface area contributed by atoms with Gasteiger partial charge < -0.3 is 0 Å². The van der Waals surface area contributed by atoms with Gasteiger partial charge in [0.2, 0.25) is 0 Å². The Morgan fingerprint density at radius 2 is 1.20 bits per heavy atom. The smallest absolute Gasteiger partial charge is 0.0349 e. The molecular weight excluding hydrogens is 300 g/mol. The monoisotopic (exact) mass is 342 g/mol. The number of hydrogen-bond donors (Lipinski definition) is 0. The third-order valence-corrected chi connectivity index (χ3v) is 3.31. The highest BCUT2D eigenvalue weighted by atomic mass is 13.9. The first kappa shape index (κ1) is 28.0. The minimum atomic E-state index is 1.13. The summed E-state index contributed by atoms with van der Waals surface area (Å²) < 4.78 is 0. The topological polar surface area (TPSA) is 0 Å². The summed E-state index contributed by atoms with van der Waals surface area (Å²) >= 11 is 0. The lowest BCUT2D eigenvalue weighted by Crippen LogP contribution is -1.70. The highest BCUT2D eigenvalue weighted by Gasteiger charge is 1.80. The highest BCUT2D eigenvalue weighted by molar-refractivity contribution is 5.19. The molecule has 142 valence electrons. The fourth-order valence-electron chi connectivity index (χ4n) is 1.33. The van der Waals surface area contributed by atoms with Crippen molar-refractivity contribution in [3.05, 3.63) is 83.5 Å². The molecule has 0 nitrogen and oxygen atoms in total. The normalized spacial score (nSPS) is 10.6. The van der Waals surface area contributed by atoms with Crippen molar-refractivity contribution in [2.75, 3.05) is 0 Å². The molecule has 0 fully saturated rings. The maximum absolute atomic E-state index is 3.57. The Balaban J connectivity index is -0.000000277. The van der Waals surface area contributed by atoms with Crippen molar-refractivity contribution in [2.24, 2.45) is 0 Å². The molecule has 25 heavy (non-hydrogen) atoms. The second kappa shape index (κ2) is 22.2. The van der Waals surface area contributed by atoms with Crippen LogP contribution in [0.25, 0.3) is 0 Å². The minimum absolute atomic E-state index is 1.13. The van der Waals surface area contributed by atoms with E-state index in [1.165, 1.54) is 22.3 Å². The number of allylic oxidation sites excluding steroid dienone is 7. The lowest BCUT2D eigenvalue weighted by Gasteiger charge is -1.90. The maximum Gasteiger partial charge on any atom is -0.0349 e. The van der Waals surface area contributed by atoms with Crippen LogP contribution in [-0.2, 0) is 0 Å². The second-order valence-electron chi connectivity index (χ2n) is 5.65. The van der Waals surface area contributed by atoms with Gasteiger partial charge in [-0.1, -0.05) is 111 Å². The summed E-state index contributed by atoms with van der Waals surface area (Å²) in [5, 5.41) is 0. The van der Waals surface area contributed by atoms with E-state index in [0.29, 0.717) is 0 Å². The van der Waals surface area contributed by atoms with Crippen LogP contribution in [0.1, 0.15) is 72.4 Å². The second-order valence-corrected chi connectivity index (χ2v) is 5.65. The molecule has 0 aliphatic heterocycles. The summed E-state index contributed by atoms with van der Waals surface area (Å²) in [6.45, 7) is 22.3. The van der Waals surface area contributed by atoms with E-state index >= 15 is 0 Å². The molecule has 0 aliphatic rings. The number of benzene rings is 1. The Bertz CT molecular complexity index is 460. The molecule has 1 rings (SSSR count). The molecule has 0 saturated carbocycles. The molecular formula is C25H42. The van der Waals surface area contributed by atoms with Crippen molar-refractivity contribution in [1.29, 1.82) is 0 Å². The van der Waals surface area contributed by atoms with E-state index in [2.05, 4.69) is 84.5 Å². The summed E-state index contributed by atoms with van der Waals surface area (Å²) in [6.07, 6.45) is 12.4. The molecule has 0 bridgehead atoms. The number of aryl methyl sites for hydroxylation is 2. The first-order valence-electron chi connectivity index (χ1n) is 9.51. The van der Waals surface area contributed by atoms with E-state index in [-0.39, 0.29) is 0 Å². The van der Waals surface area contributed by atoms with Gasteiger partial charge in [-0.3, -0.25) is 0 Å². The van der Waals surface area contributed by atoms with Crippen molar-refractivity contribution in [3.8, 4) is 0 Å². The van der Waals surface area contributed by atoms with Gasteiger partial charge >= 0.3 is 0 Å². The number of hydrogen-bond acceptors (Lipinski definition) is 0. The lowest BCUT2D eigenvalue weighted by atomic mass is 10.2. The van der Waals surface area contributed by atoms with Gasteiger partial charge in [0, 0.05) is 0 Å². The summed E-state index contributed by atoms with van der Waals surface area (Å²) in [7, 11) is 0. The van der Waals surface area contributed by atoms with Crippen LogP contribution in [0.4, 0.5) is 0 Å². The van der Waals surface area contributed by atoms with E-state index in [1.54, 1.807) is 0 Å². The van der Waals surface area contributed by atoms with Crippen LogP contribution in [-0.4, -0.2) is 0 Å². The predicted molar refractivity (Wildman–Crippen MR) is 120 cm³/mol.